The lowest BCUT2D eigenvalue weighted by atomic mass is 10.1. The Bertz CT molecular complexity index is 260. The Morgan fingerprint density at radius 2 is 2.18 bits per heavy atom. The average molecular weight is 155 g/mol. The number of benzene rings is 1. The van der Waals surface area contributed by atoms with Gasteiger partial charge in [-0.05, 0) is 13.0 Å². The summed E-state index contributed by atoms with van der Waals surface area (Å²) in [6, 6.07) is 3.54. The molecule has 0 radical (unpaired) electrons. The first kappa shape index (κ1) is 8.01. The topological polar surface area (TPSA) is 46.2 Å². The second kappa shape index (κ2) is 2.88. The van der Waals surface area contributed by atoms with E-state index in [1.165, 1.54) is 12.1 Å². The Morgan fingerprint density at radius 3 is 2.64 bits per heavy atom. The van der Waals surface area contributed by atoms with Crippen molar-refractivity contribution in [1.82, 2.24) is 0 Å². The Hall–Kier alpha value is -1.09. The standard InChI is InChI=1S/C8H10FNO/c1-5(10)7-3-2-6(9)4-8(7)11/h2-5,11H,10H2,1H3/t5-/m1/s1. The van der Waals surface area contributed by atoms with Gasteiger partial charge in [-0.3, -0.25) is 0 Å². The second-order valence-electron chi connectivity index (χ2n) is 2.49. The molecule has 1 rings (SSSR count). The second-order valence-corrected chi connectivity index (χ2v) is 2.49. The number of phenols is 1. The molecule has 0 saturated heterocycles. The van der Waals surface area contributed by atoms with Gasteiger partial charge in [-0.15, -0.1) is 0 Å². The molecule has 0 aliphatic carbocycles. The third-order valence-electron chi connectivity index (χ3n) is 1.48. The van der Waals surface area contributed by atoms with Crippen molar-refractivity contribution >= 4 is 0 Å². The van der Waals surface area contributed by atoms with Crippen LogP contribution in [0.2, 0.25) is 0 Å². The highest BCUT2D eigenvalue weighted by atomic mass is 19.1. The molecule has 1 atom stereocenters. The fourth-order valence-electron chi connectivity index (χ4n) is 0.902. The smallest absolute Gasteiger partial charge is 0.126 e. The zero-order chi connectivity index (χ0) is 8.43. The molecular formula is C8H10FNO. The number of nitrogens with two attached hydrogens (primary N) is 1. The monoisotopic (exact) mass is 155 g/mol. The maximum absolute atomic E-state index is 12.4. The molecule has 0 fully saturated rings. The molecular weight excluding hydrogens is 145 g/mol. The minimum absolute atomic E-state index is 0.0833. The largest absolute Gasteiger partial charge is 0.508 e. The van der Waals surface area contributed by atoms with Crippen LogP contribution < -0.4 is 5.73 Å². The SMILES string of the molecule is C[C@@H](N)c1ccc(F)cc1O. The molecule has 1 aromatic rings. The van der Waals surface area contributed by atoms with Gasteiger partial charge in [0, 0.05) is 17.7 Å². The van der Waals surface area contributed by atoms with Crippen molar-refractivity contribution in [1.29, 1.82) is 0 Å². The van der Waals surface area contributed by atoms with E-state index in [2.05, 4.69) is 0 Å². The Morgan fingerprint density at radius 1 is 1.55 bits per heavy atom. The maximum atomic E-state index is 12.4. The van der Waals surface area contributed by atoms with E-state index in [0.717, 1.165) is 6.07 Å². The molecule has 0 heterocycles. The van der Waals surface area contributed by atoms with Crippen LogP contribution in [0.25, 0.3) is 0 Å². The van der Waals surface area contributed by atoms with E-state index in [9.17, 15) is 4.39 Å². The predicted octanol–water partition coefficient (Wildman–Crippen LogP) is 1.55. The predicted molar refractivity (Wildman–Crippen MR) is 40.7 cm³/mol. The molecule has 0 aliphatic heterocycles. The molecule has 3 N–H and O–H groups in total. The first-order chi connectivity index (χ1) is 5.11. The van der Waals surface area contributed by atoms with Gasteiger partial charge in [0.05, 0.1) is 0 Å². The molecule has 0 aromatic heterocycles. The number of hydrogen-bond donors (Lipinski definition) is 2. The third-order valence-corrected chi connectivity index (χ3v) is 1.48. The van der Waals surface area contributed by atoms with Gasteiger partial charge in [0.15, 0.2) is 0 Å². The molecule has 0 amide bonds. The van der Waals surface area contributed by atoms with Crippen molar-refractivity contribution in [2.75, 3.05) is 0 Å². The highest BCUT2D eigenvalue weighted by Gasteiger charge is 2.05. The quantitative estimate of drug-likeness (QED) is 0.646. The summed E-state index contributed by atoms with van der Waals surface area (Å²) >= 11 is 0. The van der Waals surface area contributed by atoms with Crippen molar-refractivity contribution in [2.45, 2.75) is 13.0 Å². The molecule has 0 aliphatic rings. The molecule has 11 heavy (non-hydrogen) atoms. The molecule has 0 spiro atoms. The van der Waals surface area contributed by atoms with E-state index in [1.54, 1.807) is 6.92 Å². The number of halogens is 1. The van der Waals surface area contributed by atoms with Crippen molar-refractivity contribution in [2.24, 2.45) is 5.73 Å². The van der Waals surface area contributed by atoms with Crippen LogP contribution in [-0.4, -0.2) is 5.11 Å². The Labute approximate surface area is 64.5 Å². The zero-order valence-electron chi connectivity index (χ0n) is 6.21. The lowest BCUT2D eigenvalue weighted by Crippen LogP contribution is -2.04. The lowest BCUT2D eigenvalue weighted by Gasteiger charge is -2.06. The molecule has 0 bridgehead atoms. The van der Waals surface area contributed by atoms with Gasteiger partial charge in [0.1, 0.15) is 11.6 Å². The van der Waals surface area contributed by atoms with Gasteiger partial charge in [-0.1, -0.05) is 6.07 Å². The first-order valence-corrected chi connectivity index (χ1v) is 3.35. The summed E-state index contributed by atoms with van der Waals surface area (Å²) in [5, 5.41) is 9.14. The van der Waals surface area contributed by atoms with E-state index in [-0.39, 0.29) is 11.8 Å². The van der Waals surface area contributed by atoms with E-state index >= 15 is 0 Å². The van der Waals surface area contributed by atoms with Crippen LogP contribution in [0.3, 0.4) is 0 Å². The van der Waals surface area contributed by atoms with Gasteiger partial charge < -0.3 is 10.8 Å². The van der Waals surface area contributed by atoms with Gasteiger partial charge in [-0.25, -0.2) is 4.39 Å². The van der Waals surface area contributed by atoms with Crippen LogP contribution in [0.4, 0.5) is 4.39 Å². The Kier molecular flexibility index (Phi) is 2.10. The van der Waals surface area contributed by atoms with Crippen molar-refractivity contribution in [3.8, 4) is 5.75 Å². The molecule has 0 saturated carbocycles. The van der Waals surface area contributed by atoms with E-state index in [1.807, 2.05) is 0 Å². The fourth-order valence-corrected chi connectivity index (χ4v) is 0.902. The lowest BCUT2D eigenvalue weighted by molar-refractivity contribution is 0.457. The number of hydrogen-bond acceptors (Lipinski definition) is 2. The van der Waals surface area contributed by atoms with E-state index in [0.29, 0.717) is 5.56 Å². The van der Waals surface area contributed by atoms with E-state index in [4.69, 9.17) is 10.8 Å². The summed E-state index contributed by atoms with van der Waals surface area (Å²) in [5.41, 5.74) is 6.04. The summed E-state index contributed by atoms with van der Waals surface area (Å²) < 4.78 is 12.4. The summed E-state index contributed by atoms with van der Waals surface area (Å²) in [4.78, 5) is 0. The number of phenolic OH excluding ortho intramolecular Hbond substituents is 1. The zero-order valence-corrected chi connectivity index (χ0v) is 6.21. The molecule has 1 aromatic carbocycles. The normalized spacial score (nSPS) is 13.0. The van der Waals surface area contributed by atoms with Crippen LogP contribution in [0, 0.1) is 5.82 Å². The van der Waals surface area contributed by atoms with Gasteiger partial charge in [0.25, 0.3) is 0 Å². The van der Waals surface area contributed by atoms with Crippen molar-refractivity contribution in [3.63, 3.8) is 0 Å². The van der Waals surface area contributed by atoms with Crippen LogP contribution in [-0.2, 0) is 0 Å². The molecule has 0 unspecified atom stereocenters. The van der Waals surface area contributed by atoms with Crippen LogP contribution in [0.15, 0.2) is 18.2 Å². The number of rotatable bonds is 1. The summed E-state index contributed by atoms with van der Waals surface area (Å²) in [7, 11) is 0. The Balaban J connectivity index is 3.09. The summed E-state index contributed by atoms with van der Waals surface area (Å²) in [6.45, 7) is 1.73. The van der Waals surface area contributed by atoms with Crippen molar-refractivity contribution in [3.05, 3.63) is 29.6 Å². The molecule has 2 nitrogen and oxygen atoms in total. The van der Waals surface area contributed by atoms with Crippen LogP contribution >= 0.6 is 0 Å². The van der Waals surface area contributed by atoms with Gasteiger partial charge >= 0.3 is 0 Å². The van der Waals surface area contributed by atoms with Crippen LogP contribution in [0.5, 0.6) is 5.75 Å². The van der Waals surface area contributed by atoms with Gasteiger partial charge in [-0.2, -0.15) is 0 Å². The fraction of sp³-hybridized carbons (Fsp3) is 0.250. The maximum Gasteiger partial charge on any atom is 0.126 e. The minimum Gasteiger partial charge on any atom is -0.508 e. The van der Waals surface area contributed by atoms with Crippen molar-refractivity contribution < 1.29 is 9.50 Å². The number of aromatic hydroxyl groups is 1. The molecule has 3 heteroatoms. The highest BCUT2D eigenvalue weighted by molar-refractivity contribution is 5.34. The van der Waals surface area contributed by atoms with Gasteiger partial charge in [0.2, 0.25) is 0 Å². The first-order valence-electron chi connectivity index (χ1n) is 3.35. The van der Waals surface area contributed by atoms with E-state index < -0.39 is 5.82 Å². The van der Waals surface area contributed by atoms with Crippen LogP contribution in [0.1, 0.15) is 18.5 Å². The summed E-state index contributed by atoms with van der Waals surface area (Å²) in [6.07, 6.45) is 0. The highest BCUT2D eigenvalue weighted by Crippen LogP contribution is 2.22. The third kappa shape index (κ3) is 1.68. The average Bonchev–Trinajstić information content (AvgIpc) is 1.85. The summed E-state index contributed by atoms with van der Waals surface area (Å²) in [5.74, 6) is -0.535. The molecule has 60 valence electrons. The minimum atomic E-state index is -0.452.